The Morgan fingerprint density at radius 1 is 0.529 bits per heavy atom. The normalized spacial score (nSPS) is 11.8. The highest BCUT2D eigenvalue weighted by atomic mass is 32.3. The van der Waals surface area contributed by atoms with Crippen molar-refractivity contribution in [2.45, 2.75) is 88.6 Å². The average molecular weight is 513 g/mol. The predicted octanol–water partition coefficient (Wildman–Crippen LogP) is 3.37. The van der Waals surface area contributed by atoms with E-state index in [0.717, 1.165) is 0 Å². The van der Waals surface area contributed by atoms with Crippen LogP contribution in [0.1, 0.15) is 84.0 Å². The highest BCUT2D eigenvalue weighted by molar-refractivity contribution is 8.06. The van der Waals surface area contributed by atoms with E-state index in [-0.39, 0.29) is 51.9 Å². The van der Waals surface area contributed by atoms with Gasteiger partial charge in [0, 0.05) is 51.9 Å². The smallest absolute Gasteiger partial charge is 0.211 e. The van der Waals surface area contributed by atoms with Gasteiger partial charge in [-0.2, -0.15) is 21.0 Å². The molecule has 0 unspecified atom stereocenters. The van der Waals surface area contributed by atoms with Gasteiger partial charge in [-0.25, -0.2) is 25.4 Å². The first kappa shape index (κ1) is 31.8. The molecular weight excluding hydrogens is 476 g/mol. The third kappa shape index (κ3) is 11.8. The van der Waals surface area contributed by atoms with Gasteiger partial charge in [0.25, 0.3) is 0 Å². The lowest BCUT2D eigenvalue weighted by atomic mass is 10.2. The summed E-state index contributed by atoms with van der Waals surface area (Å²) in [6.45, 7) is 1.63. The lowest BCUT2D eigenvalue weighted by molar-refractivity contribution is 0.378. The van der Waals surface area contributed by atoms with Crippen LogP contribution in [0.4, 0.5) is 0 Å². The van der Waals surface area contributed by atoms with E-state index in [4.69, 9.17) is 21.0 Å². The van der Waals surface area contributed by atoms with Crippen LogP contribution in [0.2, 0.25) is 0 Å². The molecule has 0 fully saturated rings. The Morgan fingerprint density at radius 2 is 0.765 bits per heavy atom. The molecule has 0 aromatic rings. The van der Waals surface area contributed by atoms with Crippen molar-refractivity contribution >= 4 is 20.0 Å². The molecule has 34 heavy (non-hydrogen) atoms. The summed E-state index contributed by atoms with van der Waals surface area (Å²) in [5.74, 6) is 0. The molecule has 0 aliphatic heterocycles. The topological polar surface area (TPSA) is 170 Å². The second-order valence-electron chi connectivity index (χ2n) is 7.92. The zero-order valence-electron chi connectivity index (χ0n) is 20.0. The summed E-state index contributed by atoms with van der Waals surface area (Å²) in [7, 11) is -8.43. The first-order chi connectivity index (χ1) is 16.2. The van der Waals surface area contributed by atoms with Crippen LogP contribution < -0.4 is 0 Å². The molecule has 0 saturated carbocycles. The molecule has 0 amide bonds. The minimum atomic E-state index is -4.22. The molecule has 0 saturated heterocycles. The fourth-order valence-electron chi connectivity index (χ4n) is 3.27. The molecule has 0 aromatic heterocycles. The Hall–Kier alpha value is -2.22. The van der Waals surface area contributed by atoms with Crippen molar-refractivity contribution in [2.75, 3.05) is 26.2 Å². The lowest BCUT2D eigenvalue weighted by Gasteiger charge is -2.30. The molecule has 0 spiro atoms. The second kappa shape index (κ2) is 18.2. The molecule has 10 nitrogen and oxygen atoms in total. The molecule has 0 atom stereocenters. The van der Waals surface area contributed by atoms with Crippen LogP contribution in [-0.4, -0.2) is 56.2 Å². The fraction of sp³-hybridized carbons (Fsp3) is 0.818. The van der Waals surface area contributed by atoms with E-state index in [9.17, 15) is 16.8 Å². The Morgan fingerprint density at radius 3 is 0.971 bits per heavy atom. The standard InChI is InChI=1S/C22H36N6O4S2/c1-22(33(29,30)27(18-10-2-6-14-23)19-11-3-7-15-24)34(31,32)28(20-12-4-8-16-25)21-13-5-9-17-26/h22H,2-13,18-21H2,1H3. The zero-order chi connectivity index (χ0) is 25.9. The summed E-state index contributed by atoms with van der Waals surface area (Å²) >= 11 is 0. The average Bonchev–Trinajstić information content (AvgIpc) is 2.81. The Balaban J connectivity index is 5.64. The van der Waals surface area contributed by atoms with Crippen molar-refractivity contribution in [3.63, 3.8) is 0 Å². The summed E-state index contributed by atoms with van der Waals surface area (Å²) in [6, 6.07) is 8.05. The van der Waals surface area contributed by atoms with Gasteiger partial charge in [-0.3, -0.25) is 0 Å². The van der Waals surface area contributed by atoms with Gasteiger partial charge in [0.15, 0.2) is 4.58 Å². The van der Waals surface area contributed by atoms with Crippen LogP contribution in [0, 0.1) is 45.3 Å². The van der Waals surface area contributed by atoms with Crippen molar-refractivity contribution in [3.8, 4) is 24.3 Å². The number of sulfonamides is 2. The summed E-state index contributed by atoms with van der Waals surface area (Å²) in [4.78, 5) is 0. The van der Waals surface area contributed by atoms with Gasteiger partial charge in [-0.15, -0.1) is 0 Å². The molecule has 0 rings (SSSR count). The molecule has 0 radical (unpaired) electrons. The molecule has 0 bridgehead atoms. The van der Waals surface area contributed by atoms with Gasteiger partial charge in [-0.1, -0.05) is 0 Å². The minimum absolute atomic E-state index is 0.112. The van der Waals surface area contributed by atoms with Crippen LogP contribution in [0.25, 0.3) is 0 Å². The van der Waals surface area contributed by atoms with Crippen molar-refractivity contribution in [2.24, 2.45) is 0 Å². The van der Waals surface area contributed by atoms with Crippen LogP contribution in [0.5, 0.6) is 0 Å². The lowest BCUT2D eigenvalue weighted by Crippen LogP contribution is -2.48. The number of rotatable bonds is 20. The molecular formula is C22H36N6O4S2. The largest absolute Gasteiger partial charge is 0.232 e. The molecule has 0 heterocycles. The molecule has 0 aliphatic carbocycles. The molecule has 190 valence electrons. The number of nitrogens with zero attached hydrogens (tertiary/aromatic N) is 6. The van der Waals surface area contributed by atoms with Crippen molar-refractivity contribution < 1.29 is 16.8 Å². The number of nitriles is 4. The first-order valence-corrected chi connectivity index (χ1v) is 14.7. The predicted molar refractivity (Wildman–Crippen MR) is 128 cm³/mol. The monoisotopic (exact) mass is 512 g/mol. The maximum absolute atomic E-state index is 13.4. The quantitative estimate of drug-likeness (QED) is 0.223. The number of hydrogen-bond acceptors (Lipinski definition) is 8. The van der Waals surface area contributed by atoms with E-state index < -0.39 is 24.6 Å². The third-order valence-electron chi connectivity index (χ3n) is 5.34. The van der Waals surface area contributed by atoms with E-state index in [1.165, 1.54) is 15.5 Å². The Bertz CT molecular complexity index is 833. The van der Waals surface area contributed by atoms with Gasteiger partial charge in [-0.05, 0) is 58.3 Å². The van der Waals surface area contributed by atoms with Gasteiger partial charge >= 0.3 is 0 Å². The van der Waals surface area contributed by atoms with Crippen LogP contribution in [0.15, 0.2) is 0 Å². The van der Waals surface area contributed by atoms with Crippen molar-refractivity contribution in [3.05, 3.63) is 0 Å². The van der Waals surface area contributed by atoms with E-state index in [1.807, 2.05) is 24.3 Å². The van der Waals surface area contributed by atoms with Crippen molar-refractivity contribution in [1.82, 2.24) is 8.61 Å². The van der Waals surface area contributed by atoms with Gasteiger partial charge in [0.1, 0.15) is 0 Å². The van der Waals surface area contributed by atoms with Crippen molar-refractivity contribution in [1.29, 1.82) is 21.0 Å². The van der Waals surface area contributed by atoms with E-state index >= 15 is 0 Å². The SMILES string of the molecule is CC(S(=O)(=O)N(CCCCC#N)CCCCC#N)S(=O)(=O)N(CCCCC#N)CCCCC#N. The Kier molecular flexibility index (Phi) is 17.0. The van der Waals surface area contributed by atoms with Crippen LogP contribution >= 0.6 is 0 Å². The van der Waals surface area contributed by atoms with E-state index in [2.05, 4.69) is 0 Å². The first-order valence-electron chi connectivity index (χ1n) is 11.7. The van der Waals surface area contributed by atoms with Gasteiger partial charge in [0.05, 0.1) is 24.3 Å². The highest BCUT2D eigenvalue weighted by Crippen LogP contribution is 2.22. The Labute approximate surface area is 205 Å². The summed E-state index contributed by atoms with van der Waals surface area (Å²) in [5.41, 5.74) is 0. The zero-order valence-corrected chi connectivity index (χ0v) is 21.7. The number of hydrogen-bond donors (Lipinski definition) is 0. The molecule has 12 heteroatoms. The van der Waals surface area contributed by atoms with Crippen LogP contribution in [0.3, 0.4) is 0 Å². The number of unbranched alkanes of at least 4 members (excludes halogenated alkanes) is 8. The summed E-state index contributed by atoms with van der Waals surface area (Å²) < 4.78 is 54.1. The molecule has 0 N–H and O–H groups in total. The third-order valence-corrected chi connectivity index (χ3v) is 10.6. The van der Waals surface area contributed by atoms with Gasteiger partial charge < -0.3 is 0 Å². The summed E-state index contributed by atoms with van der Waals surface area (Å²) in [5, 5.41) is 34.9. The summed E-state index contributed by atoms with van der Waals surface area (Å²) in [6.07, 6.45) is 4.91. The minimum Gasteiger partial charge on any atom is -0.211 e. The van der Waals surface area contributed by atoms with Crippen LogP contribution in [-0.2, 0) is 20.0 Å². The maximum Gasteiger partial charge on any atom is 0.232 e. The van der Waals surface area contributed by atoms with Gasteiger partial charge in [0.2, 0.25) is 20.0 Å². The second-order valence-corrected chi connectivity index (χ2v) is 12.7. The maximum atomic E-state index is 13.4. The fourth-order valence-corrected chi connectivity index (χ4v) is 7.61. The van der Waals surface area contributed by atoms with E-state index in [1.54, 1.807) is 0 Å². The highest BCUT2D eigenvalue weighted by Gasteiger charge is 2.40. The van der Waals surface area contributed by atoms with E-state index in [0.29, 0.717) is 51.4 Å². The molecule has 0 aromatic carbocycles. The molecule has 0 aliphatic rings.